The Kier molecular flexibility index (Phi) is 4.77. The summed E-state index contributed by atoms with van der Waals surface area (Å²) in [5, 5.41) is 0. The van der Waals surface area contributed by atoms with Gasteiger partial charge in [-0.2, -0.15) is 0 Å². The molecular formula is C14H18O2. The van der Waals surface area contributed by atoms with Crippen molar-refractivity contribution in [1.29, 1.82) is 0 Å². The molecule has 0 bridgehead atoms. The summed E-state index contributed by atoms with van der Waals surface area (Å²) < 4.78 is 4.84. The van der Waals surface area contributed by atoms with E-state index in [1.54, 1.807) is 0 Å². The molecule has 16 heavy (non-hydrogen) atoms. The van der Waals surface area contributed by atoms with Gasteiger partial charge in [-0.3, -0.25) is 4.79 Å². The predicted octanol–water partition coefficient (Wildman–Crippen LogP) is 3.27. The third-order valence-electron chi connectivity index (χ3n) is 2.53. The van der Waals surface area contributed by atoms with Gasteiger partial charge in [-0.15, -0.1) is 0 Å². The minimum absolute atomic E-state index is 0.177. The van der Waals surface area contributed by atoms with Crippen molar-refractivity contribution in [2.24, 2.45) is 0 Å². The van der Waals surface area contributed by atoms with Crippen LogP contribution in [0.25, 0.3) is 6.08 Å². The Labute approximate surface area is 96.9 Å². The monoisotopic (exact) mass is 218 g/mol. The Balaban J connectivity index is 2.63. The van der Waals surface area contributed by atoms with Gasteiger partial charge in [0, 0.05) is 0 Å². The zero-order valence-corrected chi connectivity index (χ0v) is 10.1. The van der Waals surface area contributed by atoms with Crippen molar-refractivity contribution >= 4 is 12.0 Å². The first-order valence-corrected chi connectivity index (χ1v) is 5.53. The number of hydrogen-bond donors (Lipinski definition) is 0. The minimum Gasteiger partial charge on any atom is -0.466 e. The van der Waals surface area contributed by atoms with Gasteiger partial charge in [-0.25, -0.2) is 0 Å². The van der Waals surface area contributed by atoms with Crippen molar-refractivity contribution in [2.75, 3.05) is 6.61 Å². The van der Waals surface area contributed by atoms with Gasteiger partial charge in [0.25, 0.3) is 0 Å². The Morgan fingerprint density at radius 2 is 2.12 bits per heavy atom. The maximum atomic E-state index is 11.1. The van der Waals surface area contributed by atoms with Crippen molar-refractivity contribution in [3.8, 4) is 0 Å². The molecule has 0 heterocycles. The third-order valence-corrected chi connectivity index (χ3v) is 2.53. The Morgan fingerprint density at radius 1 is 1.38 bits per heavy atom. The summed E-state index contributed by atoms with van der Waals surface area (Å²) in [6.07, 6.45) is 4.15. The van der Waals surface area contributed by atoms with Crippen LogP contribution in [0, 0.1) is 13.8 Å². The standard InChI is InChI=1S/C14H18O2/c1-4-16-14(15)10-6-9-13-8-5-7-11(2)12(13)3/h5-9H,4,10H2,1-3H3. The van der Waals surface area contributed by atoms with Gasteiger partial charge in [0.15, 0.2) is 0 Å². The molecule has 0 fully saturated rings. The van der Waals surface area contributed by atoms with Crippen LogP contribution < -0.4 is 0 Å². The highest BCUT2D eigenvalue weighted by molar-refractivity contribution is 5.72. The normalized spacial score (nSPS) is 10.7. The third kappa shape index (κ3) is 3.54. The molecule has 2 heteroatoms. The van der Waals surface area contributed by atoms with Gasteiger partial charge < -0.3 is 4.74 Å². The fourth-order valence-electron chi connectivity index (χ4n) is 1.46. The lowest BCUT2D eigenvalue weighted by atomic mass is 10.0. The number of ether oxygens (including phenoxy) is 1. The molecule has 0 atom stereocenters. The molecule has 0 aliphatic rings. The van der Waals surface area contributed by atoms with E-state index < -0.39 is 0 Å². The molecule has 0 amide bonds. The minimum atomic E-state index is -0.177. The fraction of sp³-hybridized carbons (Fsp3) is 0.357. The lowest BCUT2D eigenvalue weighted by Gasteiger charge is -2.03. The SMILES string of the molecule is CCOC(=O)CC=Cc1cccc(C)c1C. The van der Waals surface area contributed by atoms with Crippen LogP contribution in [-0.4, -0.2) is 12.6 Å². The summed E-state index contributed by atoms with van der Waals surface area (Å²) >= 11 is 0. The molecule has 0 saturated heterocycles. The zero-order chi connectivity index (χ0) is 12.0. The smallest absolute Gasteiger partial charge is 0.309 e. The van der Waals surface area contributed by atoms with Crippen LogP contribution >= 0.6 is 0 Å². The van der Waals surface area contributed by atoms with Gasteiger partial charge in [-0.1, -0.05) is 30.4 Å². The van der Waals surface area contributed by atoms with E-state index in [2.05, 4.69) is 19.9 Å². The van der Waals surface area contributed by atoms with Crippen LogP contribution in [0.15, 0.2) is 24.3 Å². The van der Waals surface area contributed by atoms with Crippen molar-refractivity contribution in [3.63, 3.8) is 0 Å². The first-order valence-electron chi connectivity index (χ1n) is 5.53. The van der Waals surface area contributed by atoms with Gasteiger partial charge in [-0.05, 0) is 37.5 Å². The summed E-state index contributed by atoms with van der Waals surface area (Å²) in [5.74, 6) is -0.177. The molecule has 86 valence electrons. The summed E-state index contributed by atoms with van der Waals surface area (Å²) in [5.41, 5.74) is 3.67. The number of benzene rings is 1. The molecule has 0 saturated carbocycles. The van der Waals surface area contributed by atoms with E-state index in [9.17, 15) is 4.79 Å². The van der Waals surface area contributed by atoms with Crippen molar-refractivity contribution in [2.45, 2.75) is 27.2 Å². The second kappa shape index (κ2) is 6.11. The lowest BCUT2D eigenvalue weighted by molar-refractivity contribution is -0.142. The molecule has 0 unspecified atom stereocenters. The van der Waals surface area contributed by atoms with E-state index in [0.717, 1.165) is 5.56 Å². The Morgan fingerprint density at radius 3 is 2.81 bits per heavy atom. The molecule has 1 rings (SSSR count). The number of esters is 1. The van der Waals surface area contributed by atoms with Crippen LogP contribution in [0.5, 0.6) is 0 Å². The van der Waals surface area contributed by atoms with E-state index in [1.807, 2.05) is 31.2 Å². The summed E-state index contributed by atoms with van der Waals surface area (Å²) in [4.78, 5) is 11.1. The maximum Gasteiger partial charge on any atom is 0.309 e. The molecule has 0 N–H and O–H groups in total. The highest BCUT2D eigenvalue weighted by Gasteiger charge is 1.98. The molecule has 1 aromatic rings. The van der Waals surface area contributed by atoms with Crippen molar-refractivity contribution in [3.05, 3.63) is 41.0 Å². The summed E-state index contributed by atoms with van der Waals surface area (Å²) in [6, 6.07) is 6.15. The zero-order valence-electron chi connectivity index (χ0n) is 10.1. The van der Waals surface area contributed by atoms with E-state index in [-0.39, 0.29) is 5.97 Å². The van der Waals surface area contributed by atoms with Gasteiger partial charge >= 0.3 is 5.97 Å². The van der Waals surface area contributed by atoms with Crippen LogP contribution in [0.1, 0.15) is 30.0 Å². The van der Waals surface area contributed by atoms with Crippen LogP contribution in [0.3, 0.4) is 0 Å². The number of aryl methyl sites for hydroxylation is 1. The molecule has 0 spiro atoms. The summed E-state index contributed by atoms with van der Waals surface area (Å²) in [7, 11) is 0. The molecule has 0 aliphatic carbocycles. The molecular weight excluding hydrogens is 200 g/mol. The van der Waals surface area contributed by atoms with Crippen LogP contribution in [0.4, 0.5) is 0 Å². The number of hydrogen-bond acceptors (Lipinski definition) is 2. The highest BCUT2D eigenvalue weighted by Crippen LogP contribution is 2.14. The molecule has 0 radical (unpaired) electrons. The number of carbonyl (C=O) groups is 1. The average molecular weight is 218 g/mol. The van der Waals surface area contributed by atoms with Crippen molar-refractivity contribution < 1.29 is 9.53 Å². The first kappa shape index (κ1) is 12.5. The summed E-state index contributed by atoms with van der Waals surface area (Å²) in [6.45, 7) is 6.42. The lowest BCUT2D eigenvalue weighted by Crippen LogP contribution is -2.01. The topological polar surface area (TPSA) is 26.3 Å². The largest absolute Gasteiger partial charge is 0.466 e. The maximum absolute atomic E-state index is 11.1. The number of rotatable bonds is 4. The van der Waals surface area contributed by atoms with Crippen molar-refractivity contribution in [1.82, 2.24) is 0 Å². The van der Waals surface area contributed by atoms with Crippen LogP contribution in [-0.2, 0) is 9.53 Å². The van der Waals surface area contributed by atoms with Gasteiger partial charge in [0.1, 0.15) is 0 Å². The quantitative estimate of drug-likeness (QED) is 0.725. The average Bonchev–Trinajstić information content (AvgIpc) is 2.25. The van der Waals surface area contributed by atoms with Gasteiger partial charge in [0.2, 0.25) is 0 Å². The second-order valence-corrected chi connectivity index (χ2v) is 3.70. The Bertz CT molecular complexity index is 392. The second-order valence-electron chi connectivity index (χ2n) is 3.70. The highest BCUT2D eigenvalue weighted by atomic mass is 16.5. The van der Waals surface area contributed by atoms with E-state index in [0.29, 0.717) is 13.0 Å². The van der Waals surface area contributed by atoms with E-state index in [4.69, 9.17) is 4.74 Å². The molecule has 0 aromatic heterocycles. The first-order chi connectivity index (χ1) is 7.65. The van der Waals surface area contributed by atoms with Gasteiger partial charge in [0.05, 0.1) is 13.0 Å². The Hall–Kier alpha value is -1.57. The fourth-order valence-corrected chi connectivity index (χ4v) is 1.46. The molecule has 1 aromatic carbocycles. The molecule has 0 aliphatic heterocycles. The van der Waals surface area contributed by atoms with E-state index in [1.165, 1.54) is 11.1 Å². The predicted molar refractivity (Wildman–Crippen MR) is 66.2 cm³/mol. The van der Waals surface area contributed by atoms with Crippen LogP contribution in [0.2, 0.25) is 0 Å². The van der Waals surface area contributed by atoms with E-state index >= 15 is 0 Å². The molecule has 2 nitrogen and oxygen atoms in total. The number of carbonyl (C=O) groups excluding carboxylic acids is 1.